The van der Waals surface area contributed by atoms with Crippen molar-refractivity contribution in [3.63, 3.8) is 0 Å². The standard InChI is InChI=1S/C15H23N3O3/c1-4-21-13-8-7-11(15(20)18(2)3)10-12(13)17-14(19)6-5-9-16/h7-8,10H,4-6,9,16H2,1-3H3,(H,17,19). The average Bonchev–Trinajstić information content (AvgIpc) is 2.46. The number of nitrogens with zero attached hydrogens (tertiary/aromatic N) is 1. The smallest absolute Gasteiger partial charge is 0.253 e. The third-order valence-corrected chi connectivity index (χ3v) is 2.81. The van der Waals surface area contributed by atoms with Crippen LogP contribution in [0.1, 0.15) is 30.1 Å². The second kappa shape index (κ2) is 8.26. The van der Waals surface area contributed by atoms with Gasteiger partial charge in [-0.3, -0.25) is 9.59 Å². The van der Waals surface area contributed by atoms with Crippen molar-refractivity contribution in [3.05, 3.63) is 23.8 Å². The van der Waals surface area contributed by atoms with E-state index < -0.39 is 0 Å². The van der Waals surface area contributed by atoms with Crippen molar-refractivity contribution < 1.29 is 14.3 Å². The molecule has 0 aromatic heterocycles. The summed E-state index contributed by atoms with van der Waals surface area (Å²) in [6.45, 7) is 2.80. The van der Waals surface area contributed by atoms with Gasteiger partial charge in [0.1, 0.15) is 5.75 Å². The fourth-order valence-electron chi connectivity index (χ4n) is 1.78. The third-order valence-electron chi connectivity index (χ3n) is 2.81. The Morgan fingerprint density at radius 2 is 2.05 bits per heavy atom. The maximum absolute atomic E-state index is 12.0. The molecule has 0 saturated carbocycles. The fraction of sp³-hybridized carbons (Fsp3) is 0.467. The molecule has 0 aliphatic heterocycles. The lowest BCUT2D eigenvalue weighted by Gasteiger charge is -2.15. The number of carbonyl (C=O) groups is 2. The number of nitrogens with two attached hydrogens (primary N) is 1. The molecule has 0 heterocycles. The van der Waals surface area contributed by atoms with Gasteiger partial charge in [0, 0.05) is 26.1 Å². The van der Waals surface area contributed by atoms with Gasteiger partial charge in [0.05, 0.1) is 12.3 Å². The molecule has 0 aliphatic rings. The Kier molecular flexibility index (Phi) is 6.68. The third kappa shape index (κ3) is 5.07. The van der Waals surface area contributed by atoms with E-state index in [1.807, 2.05) is 6.92 Å². The highest BCUT2D eigenvalue weighted by molar-refractivity contribution is 5.98. The topological polar surface area (TPSA) is 84.7 Å². The Balaban J connectivity index is 2.98. The Labute approximate surface area is 125 Å². The number of hydrogen-bond donors (Lipinski definition) is 2. The van der Waals surface area contributed by atoms with Crippen LogP contribution in [0.4, 0.5) is 5.69 Å². The first kappa shape index (κ1) is 17.0. The second-order valence-corrected chi connectivity index (χ2v) is 4.78. The van der Waals surface area contributed by atoms with Crippen molar-refractivity contribution in [2.75, 3.05) is 32.6 Å². The zero-order valence-electron chi connectivity index (χ0n) is 12.8. The van der Waals surface area contributed by atoms with E-state index in [9.17, 15) is 9.59 Å². The highest BCUT2D eigenvalue weighted by Crippen LogP contribution is 2.26. The number of rotatable bonds is 7. The van der Waals surface area contributed by atoms with Gasteiger partial charge in [-0.1, -0.05) is 0 Å². The van der Waals surface area contributed by atoms with Gasteiger partial charge < -0.3 is 20.7 Å². The Morgan fingerprint density at radius 1 is 1.33 bits per heavy atom. The molecule has 0 atom stereocenters. The summed E-state index contributed by atoms with van der Waals surface area (Å²) >= 11 is 0. The van der Waals surface area contributed by atoms with E-state index in [0.29, 0.717) is 43.0 Å². The van der Waals surface area contributed by atoms with Crippen LogP contribution in [0.15, 0.2) is 18.2 Å². The van der Waals surface area contributed by atoms with Gasteiger partial charge in [0.15, 0.2) is 0 Å². The van der Waals surface area contributed by atoms with Gasteiger partial charge in [-0.05, 0) is 38.1 Å². The van der Waals surface area contributed by atoms with E-state index in [1.165, 1.54) is 4.90 Å². The first-order valence-corrected chi connectivity index (χ1v) is 6.98. The molecule has 2 amide bonds. The number of amides is 2. The summed E-state index contributed by atoms with van der Waals surface area (Å²) in [5.41, 5.74) is 6.39. The lowest BCUT2D eigenvalue weighted by Crippen LogP contribution is -2.22. The molecule has 3 N–H and O–H groups in total. The molecule has 0 bridgehead atoms. The van der Waals surface area contributed by atoms with Crippen LogP contribution in [0, 0.1) is 0 Å². The lowest BCUT2D eigenvalue weighted by atomic mass is 10.1. The van der Waals surface area contributed by atoms with Gasteiger partial charge in [0.25, 0.3) is 5.91 Å². The maximum atomic E-state index is 12.0. The van der Waals surface area contributed by atoms with E-state index in [2.05, 4.69) is 5.32 Å². The van der Waals surface area contributed by atoms with Crippen molar-refractivity contribution in [2.24, 2.45) is 5.73 Å². The quantitative estimate of drug-likeness (QED) is 0.797. The molecule has 6 heteroatoms. The number of nitrogens with one attached hydrogen (secondary N) is 1. The summed E-state index contributed by atoms with van der Waals surface area (Å²) < 4.78 is 5.47. The molecule has 0 radical (unpaired) electrons. The number of anilines is 1. The molecule has 0 aliphatic carbocycles. The van der Waals surface area contributed by atoms with Crippen molar-refractivity contribution in [1.82, 2.24) is 4.90 Å². The van der Waals surface area contributed by atoms with Crippen LogP contribution >= 0.6 is 0 Å². The molecule has 0 fully saturated rings. The Hall–Kier alpha value is -2.08. The molecule has 0 saturated heterocycles. The highest BCUT2D eigenvalue weighted by atomic mass is 16.5. The van der Waals surface area contributed by atoms with Crippen molar-refractivity contribution in [1.29, 1.82) is 0 Å². The monoisotopic (exact) mass is 293 g/mol. The van der Waals surface area contributed by atoms with E-state index >= 15 is 0 Å². The predicted octanol–water partition coefficient (Wildman–Crippen LogP) is 1.46. The first-order chi connectivity index (χ1) is 9.99. The molecule has 21 heavy (non-hydrogen) atoms. The molecule has 0 spiro atoms. The van der Waals surface area contributed by atoms with Crippen LogP contribution < -0.4 is 15.8 Å². The van der Waals surface area contributed by atoms with Gasteiger partial charge in [-0.15, -0.1) is 0 Å². The number of carbonyl (C=O) groups excluding carboxylic acids is 2. The highest BCUT2D eigenvalue weighted by Gasteiger charge is 2.13. The summed E-state index contributed by atoms with van der Waals surface area (Å²) in [7, 11) is 3.36. The molecule has 1 aromatic rings. The minimum Gasteiger partial charge on any atom is -0.492 e. The van der Waals surface area contributed by atoms with Crippen LogP contribution in [-0.4, -0.2) is 44.0 Å². The van der Waals surface area contributed by atoms with Crippen LogP contribution in [0.25, 0.3) is 0 Å². The van der Waals surface area contributed by atoms with E-state index in [0.717, 1.165) is 0 Å². The van der Waals surface area contributed by atoms with Crippen molar-refractivity contribution in [3.8, 4) is 5.75 Å². The number of benzene rings is 1. The van der Waals surface area contributed by atoms with Crippen LogP contribution in [0.2, 0.25) is 0 Å². The summed E-state index contributed by atoms with van der Waals surface area (Å²) in [6, 6.07) is 5.01. The number of ether oxygens (including phenoxy) is 1. The summed E-state index contributed by atoms with van der Waals surface area (Å²) in [6.07, 6.45) is 0.958. The molecule has 0 unspecified atom stereocenters. The molecular formula is C15H23N3O3. The first-order valence-electron chi connectivity index (χ1n) is 6.98. The van der Waals surface area contributed by atoms with Crippen LogP contribution in [-0.2, 0) is 4.79 Å². The predicted molar refractivity (Wildman–Crippen MR) is 82.5 cm³/mol. The van der Waals surface area contributed by atoms with Crippen molar-refractivity contribution >= 4 is 17.5 Å². The van der Waals surface area contributed by atoms with Gasteiger partial charge in [-0.2, -0.15) is 0 Å². The molecule has 116 valence electrons. The zero-order valence-corrected chi connectivity index (χ0v) is 12.8. The van der Waals surface area contributed by atoms with Crippen LogP contribution in [0.5, 0.6) is 5.75 Å². The largest absolute Gasteiger partial charge is 0.492 e. The van der Waals surface area contributed by atoms with Gasteiger partial charge in [0.2, 0.25) is 5.91 Å². The average molecular weight is 293 g/mol. The van der Waals surface area contributed by atoms with Gasteiger partial charge >= 0.3 is 0 Å². The van der Waals surface area contributed by atoms with E-state index in [4.69, 9.17) is 10.5 Å². The Morgan fingerprint density at radius 3 is 2.62 bits per heavy atom. The summed E-state index contributed by atoms with van der Waals surface area (Å²) in [5, 5.41) is 2.77. The zero-order chi connectivity index (χ0) is 15.8. The van der Waals surface area contributed by atoms with E-state index in [-0.39, 0.29) is 11.8 Å². The fourth-order valence-corrected chi connectivity index (χ4v) is 1.78. The van der Waals surface area contributed by atoms with E-state index in [1.54, 1.807) is 32.3 Å². The number of hydrogen-bond acceptors (Lipinski definition) is 4. The summed E-state index contributed by atoms with van der Waals surface area (Å²) in [4.78, 5) is 25.3. The minimum atomic E-state index is -0.143. The Bertz CT molecular complexity index is 501. The molecule has 6 nitrogen and oxygen atoms in total. The van der Waals surface area contributed by atoms with Crippen molar-refractivity contribution in [2.45, 2.75) is 19.8 Å². The van der Waals surface area contributed by atoms with Gasteiger partial charge in [-0.25, -0.2) is 0 Å². The normalized spacial score (nSPS) is 10.1. The lowest BCUT2D eigenvalue weighted by molar-refractivity contribution is -0.116. The maximum Gasteiger partial charge on any atom is 0.253 e. The summed E-state index contributed by atoms with van der Waals surface area (Å²) in [5.74, 6) is 0.278. The van der Waals surface area contributed by atoms with Crippen LogP contribution in [0.3, 0.4) is 0 Å². The molecule has 1 rings (SSSR count). The SMILES string of the molecule is CCOc1ccc(C(=O)N(C)C)cc1NC(=O)CCCN. The minimum absolute atomic E-state index is 0.129. The molecular weight excluding hydrogens is 270 g/mol. The molecule has 1 aromatic carbocycles. The second-order valence-electron chi connectivity index (χ2n) is 4.78.